The number of allylic oxidation sites excluding steroid dienone is 3. The minimum absolute atomic E-state index is 0.0203. The Bertz CT molecular complexity index is 1460. The highest BCUT2D eigenvalue weighted by atomic mass is 19.1. The number of nitrogens with one attached hydrogen (secondary N) is 2. The number of anilines is 1. The number of amides is 1. The first-order valence-electron chi connectivity index (χ1n) is 11.9. The second-order valence-corrected chi connectivity index (χ2v) is 9.24. The fourth-order valence-corrected chi connectivity index (χ4v) is 5.18. The van der Waals surface area contributed by atoms with E-state index in [1.165, 1.54) is 36.4 Å². The van der Waals surface area contributed by atoms with Gasteiger partial charge in [0.15, 0.2) is 5.78 Å². The molecule has 1 aliphatic carbocycles. The van der Waals surface area contributed by atoms with Crippen LogP contribution in [-0.4, -0.2) is 16.6 Å². The van der Waals surface area contributed by atoms with Crippen LogP contribution in [0.1, 0.15) is 42.7 Å². The van der Waals surface area contributed by atoms with Crippen LogP contribution in [0.25, 0.3) is 0 Å². The van der Waals surface area contributed by atoms with Crippen LogP contribution >= 0.6 is 0 Å². The van der Waals surface area contributed by atoms with Crippen molar-refractivity contribution in [1.29, 1.82) is 0 Å². The van der Waals surface area contributed by atoms with Crippen LogP contribution in [-0.2, 0) is 9.59 Å². The van der Waals surface area contributed by atoms with E-state index in [0.29, 0.717) is 28.9 Å². The maximum atomic E-state index is 13.7. The van der Waals surface area contributed by atoms with E-state index in [2.05, 4.69) is 10.6 Å². The smallest absolute Gasteiger partial charge is 0.269 e. The number of hydrogen-bond donors (Lipinski definition) is 2. The molecule has 0 bridgehead atoms. The maximum Gasteiger partial charge on any atom is 0.269 e. The molecule has 7 nitrogen and oxygen atoms in total. The summed E-state index contributed by atoms with van der Waals surface area (Å²) in [4.78, 5) is 38.2. The summed E-state index contributed by atoms with van der Waals surface area (Å²) < 4.78 is 13.4. The average Bonchev–Trinajstić information content (AvgIpc) is 2.89. The van der Waals surface area contributed by atoms with Crippen molar-refractivity contribution >= 4 is 23.1 Å². The van der Waals surface area contributed by atoms with Gasteiger partial charge in [0.2, 0.25) is 0 Å². The molecule has 0 saturated heterocycles. The van der Waals surface area contributed by atoms with Crippen molar-refractivity contribution in [2.24, 2.45) is 0 Å². The number of halogens is 1. The first kappa shape index (κ1) is 24.1. The average molecular weight is 498 g/mol. The molecule has 1 heterocycles. The standard InChI is InChI=1S/C29H24FN3O4/c1-17-26(29(35)32-22-12-10-21(30)11-13-22)27(19-8-5-9-23(14-19)33(36)37)28-24(31-17)15-20(16-25(28)34)18-6-3-2-4-7-18/h2-14,20,27,31H,15-16H2,1H3,(H,32,35)/t20-,27-/m1/s1. The van der Waals surface area contributed by atoms with Crippen LogP contribution < -0.4 is 10.6 Å². The van der Waals surface area contributed by atoms with Gasteiger partial charge in [0.05, 0.1) is 4.92 Å². The van der Waals surface area contributed by atoms with E-state index in [4.69, 9.17) is 0 Å². The van der Waals surface area contributed by atoms with E-state index in [1.54, 1.807) is 19.1 Å². The number of carbonyl (C=O) groups excluding carboxylic acids is 2. The largest absolute Gasteiger partial charge is 0.362 e. The molecule has 5 rings (SSSR count). The number of dihydropyridines is 1. The van der Waals surface area contributed by atoms with Crippen LogP contribution in [0, 0.1) is 15.9 Å². The third-order valence-corrected chi connectivity index (χ3v) is 6.86. The summed E-state index contributed by atoms with van der Waals surface area (Å²) in [6.45, 7) is 1.75. The van der Waals surface area contributed by atoms with Crippen LogP contribution in [0.5, 0.6) is 0 Å². The second-order valence-electron chi connectivity index (χ2n) is 9.24. The number of nitro groups is 1. The van der Waals surface area contributed by atoms with E-state index >= 15 is 0 Å². The Morgan fingerprint density at radius 1 is 1.00 bits per heavy atom. The zero-order chi connectivity index (χ0) is 26.1. The van der Waals surface area contributed by atoms with Crippen molar-refractivity contribution in [2.45, 2.75) is 31.6 Å². The molecule has 0 unspecified atom stereocenters. The van der Waals surface area contributed by atoms with E-state index in [1.807, 2.05) is 30.3 Å². The molecular formula is C29H24FN3O4. The van der Waals surface area contributed by atoms with Gasteiger partial charge in [-0.3, -0.25) is 19.7 Å². The summed E-state index contributed by atoms with van der Waals surface area (Å²) in [7, 11) is 0. The molecular weight excluding hydrogens is 473 g/mol. The second kappa shape index (κ2) is 9.81. The number of Topliss-reactive ketones (excluding diaryl/α,β-unsaturated/α-hetero) is 1. The van der Waals surface area contributed by atoms with Gasteiger partial charge in [0, 0.05) is 52.7 Å². The fraction of sp³-hybridized carbons (Fsp3) is 0.172. The van der Waals surface area contributed by atoms with Gasteiger partial charge in [-0.15, -0.1) is 0 Å². The number of rotatable bonds is 5. The molecule has 0 radical (unpaired) electrons. The lowest BCUT2D eigenvalue weighted by atomic mass is 9.71. The van der Waals surface area contributed by atoms with Gasteiger partial charge in [-0.25, -0.2) is 4.39 Å². The van der Waals surface area contributed by atoms with Crippen molar-refractivity contribution in [3.8, 4) is 0 Å². The van der Waals surface area contributed by atoms with E-state index in [9.17, 15) is 24.1 Å². The van der Waals surface area contributed by atoms with Crippen molar-refractivity contribution in [3.63, 3.8) is 0 Å². The van der Waals surface area contributed by atoms with Crippen molar-refractivity contribution in [1.82, 2.24) is 5.32 Å². The number of nitro benzene ring substituents is 1. The Kier molecular flexibility index (Phi) is 6.40. The minimum Gasteiger partial charge on any atom is -0.362 e. The number of hydrogen-bond acceptors (Lipinski definition) is 5. The molecule has 37 heavy (non-hydrogen) atoms. The predicted molar refractivity (Wildman–Crippen MR) is 137 cm³/mol. The van der Waals surface area contributed by atoms with Crippen LogP contribution in [0.4, 0.5) is 15.8 Å². The number of ketones is 1. The van der Waals surface area contributed by atoms with Crippen molar-refractivity contribution in [3.05, 3.63) is 128 Å². The van der Waals surface area contributed by atoms with Gasteiger partial charge in [0.1, 0.15) is 5.82 Å². The van der Waals surface area contributed by atoms with Gasteiger partial charge < -0.3 is 10.6 Å². The number of non-ortho nitro benzene ring substituents is 1. The molecule has 0 spiro atoms. The summed E-state index contributed by atoms with van der Waals surface area (Å²) in [6.07, 6.45) is 0.836. The Hall–Kier alpha value is -4.59. The minimum atomic E-state index is -0.791. The first-order valence-corrected chi connectivity index (χ1v) is 11.9. The lowest BCUT2D eigenvalue weighted by Crippen LogP contribution is -2.37. The van der Waals surface area contributed by atoms with Gasteiger partial charge in [-0.2, -0.15) is 0 Å². The predicted octanol–water partition coefficient (Wildman–Crippen LogP) is 5.73. The zero-order valence-corrected chi connectivity index (χ0v) is 20.0. The van der Waals surface area contributed by atoms with Crippen LogP contribution in [0.2, 0.25) is 0 Å². The fourth-order valence-electron chi connectivity index (χ4n) is 5.18. The van der Waals surface area contributed by atoms with Gasteiger partial charge in [-0.1, -0.05) is 42.5 Å². The Morgan fingerprint density at radius 3 is 2.41 bits per heavy atom. The van der Waals surface area contributed by atoms with Crippen LogP contribution in [0.15, 0.2) is 101 Å². The molecule has 1 amide bonds. The summed E-state index contributed by atoms with van der Waals surface area (Å²) in [5.41, 5.74) is 3.81. The van der Waals surface area contributed by atoms with E-state index in [-0.39, 0.29) is 29.4 Å². The zero-order valence-electron chi connectivity index (χ0n) is 20.0. The van der Waals surface area contributed by atoms with Gasteiger partial charge in [0.25, 0.3) is 11.6 Å². The van der Waals surface area contributed by atoms with E-state index in [0.717, 1.165) is 11.3 Å². The molecule has 0 saturated carbocycles. The third kappa shape index (κ3) is 4.78. The topological polar surface area (TPSA) is 101 Å². The van der Waals surface area contributed by atoms with Gasteiger partial charge in [-0.05, 0) is 54.7 Å². The summed E-state index contributed by atoms with van der Waals surface area (Å²) in [5, 5.41) is 17.6. The van der Waals surface area contributed by atoms with Crippen LogP contribution in [0.3, 0.4) is 0 Å². The highest BCUT2D eigenvalue weighted by Gasteiger charge is 2.41. The molecule has 2 atom stereocenters. The molecule has 2 aliphatic rings. The number of carbonyl (C=O) groups is 2. The summed E-state index contributed by atoms with van der Waals surface area (Å²) >= 11 is 0. The summed E-state index contributed by atoms with van der Waals surface area (Å²) in [6, 6.07) is 21.2. The molecule has 0 fully saturated rings. The normalized spacial score (nSPS) is 19.2. The molecule has 3 aromatic rings. The Balaban J connectivity index is 1.59. The Labute approximate surface area is 212 Å². The molecule has 2 N–H and O–H groups in total. The molecule has 186 valence electrons. The van der Waals surface area contributed by atoms with Crippen molar-refractivity contribution < 1.29 is 18.9 Å². The third-order valence-electron chi connectivity index (χ3n) is 6.86. The molecule has 3 aromatic carbocycles. The monoisotopic (exact) mass is 497 g/mol. The van der Waals surface area contributed by atoms with Crippen molar-refractivity contribution in [2.75, 3.05) is 5.32 Å². The summed E-state index contributed by atoms with van der Waals surface area (Å²) in [5.74, 6) is -1.83. The van der Waals surface area contributed by atoms with E-state index < -0.39 is 22.6 Å². The SMILES string of the molecule is CC1=C(C(=O)Nc2ccc(F)cc2)[C@@H](c2cccc([N+](=O)[O-])c2)C2=C(C[C@@H](c3ccccc3)CC2=O)N1. The molecule has 1 aliphatic heterocycles. The molecule has 8 heteroatoms. The Morgan fingerprint density at radius 2 is 1.70 bits per heavy atom. The first-order chi connectivity index (χ1) is 17.8. The molecule has 0 aromatic heterocycles. The number of benzene rings is 3. The maximum absolute atomic E-state index is 13.7. The van der Waals surface area contributed by atoms with Gasteiger partial charge >= 0.3 is 0 Å². The highest BCUT2D eigenvalue weighted by molar-refractivity contribution is 6.10. The lowest BCUT2D eigenvalue weighted by molar-refractivity contribution is -0.384. The number of nitrogens with zero attached hydrogens (tertiary/aromatic N) is 1. The quantitative estimate of drug-likeness (QED) is 0.346. The lowest BCUT2D eigenvalue weighted by Gasteiger charge is -2.37. The highest BCUT2D eigenvalue weighted by Crippen LogP contribution is 2.46.